The third-order valence-electron chi connectivity index (χ3n) is 3.12. The Morgan fingerprint density at radius 3 is 2.41 bits per heavy atom. The Kier molecular flexibility index (Phi) is 3.38. The normalized spacial score (nSPS) is 10.6. The molecule has 110 valence electrons. The van der Waals surface area contributed by atoms with Gasteiger partial charge in [-0.3, -0.25) is 0 Å². The smallest absolute Gasteiger partial charge is 0.335 e. The standard InChI is InChI=1S/C15H9F2N3O2/c16-12-6-3-10(7-13(12)17)14-8-18-19-20(14)11-4-1-9(2-5-11)15(21)22/h1-8H,(H,21,22). The second-order valence-electron chi connectivity index (χ2n) is 4.51. The van der Waals surface area contributed by atoms with Gasteiger partial charge in [0.1, 0.15) is 0 Å². The molecule has 1 N–H and O–H groups in total. The first-order valence-electron chi connectivity index (χ1n) is 6.26. The lowest BCUT2D eigenvalue weighted by atomic mass is 10.1. The van der Waals surface area contributed by atoms with Crippen molar-refractivity contribution in [1.82, 2.24) is 15.0 Å². The number of hydrogen-bond donors (Lipinski definition) is 1. The van der Waals surface area contributed by atoms with Crippen molar-refractivity contribution >= 4 is 5.97 Å². The number of carboxylic acid groups (broad SMARTS) is 1. The van der Waals surface area contributed by atoms with E-state index >= 15 is 0 Å². The summed E-state index contributed by atoms with van der Waals surface area (Å²) in [6.07, 6.45) is 1.41. The Morgan fingerprint density at radius 1 is 1.05 bits per heavy atom. The topological polar surface area (TPSA) is 68.0 Å². The van der Waals surface area contributed by atoms with Crippen LogP contribution in [0.15, 0.2) is 48.7 Å². The molecule has 0 saturated carbocycles. The largest absolute Gasteiger partial charge is 0.478 e. The van der Waals surface area contributed by atoms with Gasteiger partial charge < -0.3 is 5.11 Å². The molecule has 1 aromatic heterocycles. The summed E-state index contributed by atoms with van der Waals surface area (Å²) in [4.78, 5) is 10.8. The van der Waals surface area contributed by atoms with Gasteiger partial charge in [-0.1, -0.05) is 5.21 Å². The molecular weight excluding hydrogens is 292 g/mol. The Balaban J connectivity index is 2.04. The Labute approximate surface area is 123 Å². The molecule has 0 bridgehead atoms. The minimum absolute atomic E-state index is 0.137. The van der Waals surface area contributed by atoms with Gasteiger partial charge >= 0.3 is 5.97 Å². The third-order valence-corrected chi connectivity index (χ3v) is 3.12. The molecule has 7 heteroatoms. The average Bonchev–Trinajstić information content (AvgIpc) is 2.99. The van der Waals surface area contributed by atoms with Crippen molar-refractivity contribution in [3.8, 4) is 16.9 Å². The molecule has 0 saturated heterocycles. The van der Waals surface area contributed by atoms with Crippen LogP contribution in [0.4, 0.5) is 8.78 Å². The van der Waals surface area contributed by atoms with E-state index in [0.717, 1.165) is 12.1 Å². The molecule has 0 aliphatic rings. The lowest BCUT2D eigenvalue weighted by molar-refractivity contribution is 0.0697. The molecule has 0 spiro atoms. The van der Waals surface area contributed by atoms with Gasteiger partial charge in [-0.15, -0.1) is 5.10 Å². The van der Waals surface area contributed by atoms with E-state index in [1.807, 2.05) is 0 Å². The van der Waals surface area contributed by atoms with Crippen LogP contribution in [0, 0.1) is 11.6 Å². The SMILES string of the molecule is O=C(O)c1ccc(-n2nncc2-c2ccc(F)c(F)c2)cc1. The second-order valence-corrected chi connectivity index (χ2v) is 4.51. The van der Waals surface area contributed by atoms with Crippen LogP contribution in [0.1, 0.15) is 10.4 Å². The van der Waals surface area contributed by atoms with Crippen LogP contribution < -0.4 is 0 Å². The second kappa shape index (κ2) is 5.36. The van der Waals surface area contributed by atoms with Crippen LogP contribution in [0.5, 0.6) is 0 Å². The summed E-state index contributed by atoms with van der Waals surface area (Å²) in [7, 11) is 0. The summed E-state index contributed by atoms with van der Waals surface area (Å²) in [6.45, 7) is 0. The summed E-state index contributed by atoms with van der Waals surface area (Å²) >= 11 is 0. The zero-order valence-electron chi connectivity index (χ0n) is 11.1. The maximum Gasteiger partial charge on any atom is 0.335 e. The number of nitrogens with zero attached hydrogens (tertiary/aromatic N) is 3. The zero-order valence-corrected chi connectivity index (χ0v) is 11.1. The van der Waals surface area contributed by atoms with E-state index < -0.39 is 17.6 Å². The number of aromatic nitrogens is 3. The van der Waals surface area contributed by atoms with Gasteiger partial charge in [0.05, 0.1) is 23.1 Å². The van der Waals surface area contributed by atoms with Crippen LogP contribution in [-0.2, 0) is 0 Å². The predicted molar refractivity (Wildman–Crippen MR) is 73.7 cm³/mol. The minimum Gasteiger partial charge on any atom is -0.478 e. The molecule has 0 unspecified atom stereocenters. The fourth-order valence-electron chi connectivity index (χ4n) is 2.02. The lowest BCUT2D eigenvalue weighted by Crippen LogP contribution is -2.01. The molecule has 0 aliphatic heterocycles. The molecule has 0 amide bonds. The number of aromatic carboxylic acids is 1. The van der Waals surface area contributed by atoms with E-state index in [9.17, 15) is 13.6 Å². The van der Waals surface area contributed by atoms with Gasteiger partial charge in [0.25, 0.3) is 0 Å². The number of carbonyl (C=O) groups is 1. The summed E-state index contributed by atoms with van der Waals surface area (Å²) in [5.41, 5.74) is 1.56. The van der Waals surface area contributed by atoms with Crippen molar-refractivity contribution in [3.05, 3.63) is 65.9 Å². The van der Waals surface area contributed by atoms with Crippen molar-refractivity contribution in [2.24, 2.45) is 0 Å². The molecule has 2 aromatic carbocycles. The number of halogens is 2. The zero-order chi connectivity index (χ0) is 15.7. The van der Waals surface area contributed by atoms with Gasteiger partial charge in [-0.2, -0.15) is 0 Å². The van der Waals surface area contributed by atoms with Gasteiger partial charge in [0, 0.05) is 5.56 Å². The van der Waals surface area contributed by atoms with Crippen LogP contribution >= 0.6 is 0 Å². The van der Waals surface area contributed by atoms with E-state index in [1.54, 1.807) is 12.1 Å². The van der Waals surface area contributed by atoms with Crippen molar-refractivity contribution in [2.75, 3.05) is 0 Å². The summed E-state index contributed by atoms with van der Waals surface area (Å²) in [6, 6.07) is 9.46. The molecule has 0 radical (unpaired) electrons. The molecule has 0 atom stereocenters. The van der Waals surface area contributed by atoms with E-state index in [4.69, 9.17) is 5.11 Å². The van der Waals surface area contributed by atoms with Gasteiger partial charge in [0.2, 0.25) is 0 Å². The molecule has 3 rings (SSSR count). The van der Waals surface area contributed by atoms with Gasteiger partial charge in [-0.05, 0) is 42.5 Å². The van der Waals surface area contributed by atoms with Crippen molar-refractivity contribution in [2.45, 2.75) is 0 Å². The number of rotatable bonds is 3. The first kappa shape index (κ1) is 13.9. The molecule has 5 nitrogen and oxygen atoms in total. The number of benzene rings is 2. The van der Waals surface area contributed by atoms with Crippen molar-refractivity contribution < 1.29 is 18.7 Å². The Bertz CT molecular complexity index is 844. The van der Waals surface area contributed by atoms with E-state index in [-0.39, 0.29) is 5.56 Å². The van der Waals surface area contributed by atoms with E-state index in [0.29, 0.717) is 16.9 Å². The number of carboxylic acids is 1. The van der Waals surface area contributed by atoms with E-state index in [1.165, 1.54) is 29.1 Å². The van der Waals surface area contributed by atoms with Crippen LogP contribution in [-0.4, -0.2) is 26.1 Å². The molecular formula is C15H9F2N3O2. The van der Waals surface area contributed by atoms with Gasteiger partial charge in [-0.25, -0.2) is 18.3 Å². The first-order chi connectivity index (χ1) is 10.6. The quantitative estimate of drug-likeness (QED) is 0.807. The summed E-state index contributed by atoms with van der Waals surface area (Å²) in [5.74, 6) is -2.94. The highest BCUT2D eigenvalue weighted by atomic mass is 19.2. The highest BCUT2D eigenvalue weighted by Crippen LogP contribution is 2.23. The Morgan fingerprint density at radius 2 is 1.77 bits per heavy atom. The molecule has 3 aromatic rings. The Hall–Kier alpha value is -3.09. The highest BCUT2D eigenvalue weighted by molar-refractivity contribution is 5.87. The summed E-state index contributed by atoms with van der Waals surface area (Å²) in [5, 5.41) is 16.5. The maximum absolute atomic E-state index is 13.4. The van der Waals surface area contributed by atoms with Crippen molar-refractivity contribution in [3.63, 3.8) is 0 Å². The van der Waals surface area contributed by atoms with E-state index in [2.05, 4.69) is 10.3 Å². The fraction of sp³-hybridized carbons (Fsp3) is 0. The first-order valence-corrected chi connectivity index (χ1v) is 6.26. The molecule has 0 fully saturated rings. The maximum atomic E-state index is 13.4. The monoisotopic (exact) mass is 301 g/mol. The van der Waals surface area contributed by atoms with Crippen molar-refractivity contribution in [1.29, 1.82) is 0 Å². The van der Waals surface area contributed by atoms with Crippen LogP contribution in [0.25, 0.3) is 16.9 Å². The highest BCUT2D eigenvalue weighted by Gasteiger charge is 2.12. The average molecular weight is 301 g/mol. The minimum atomic E-state index is -1.04. The molecule has 1 heterocycles. The van der Waals surface area contributed by atoms with Gasteiger partial charge in [0.15, 0.2) is 11.6 Å². The van der Waals surface area contributed by atoms with Crippen LogP contribution in [0.3, 0.4) is 0 Å². The fourth-order valence-corrected chi connectivity index (χ4v) is 2.02. The predicted octanol–water partition coefficient (Wildman–Crippen LogP) is 2.91. The number of hydrogen-bond acceptors (Lipinski definition) is 3. The third kappa shape index (κ3) is 2.44. The molecule has 22 heavy (non-hydrogen) atoms. The lowest BCUT2D eigenvalue weighted by Gasteiger charge is -2.07. The summed E-state index contributed by atoms with van der Waals surface area (Å²) < 4.78 is 27.8. The van der Waals surface area contributed by atoms with Crippen LogP contribution in [0.2, 0.25) is 0 Å². The molecule has 0 aliphatic carbocycles.